The van der Waals surface area contributed by atoms with Crippen LogP contribution in [0.1, 0.15) is 118 Å². The molecular weight excluding hydrogens is 354 g/mol. The number of carbonyl (C=O) groups excluding carboxylic acids is 1. The quantitative estimate of drug-likeness (QED) is 0.283. The molecule has 0 aliphatic carbocycles. The molecule has 0 radical (unpaired) electrons. The van der Waals surface area contributed by atoms with E-state index in [4.69, 9.17) is 9.84 Å². The number of unbranched alkanes of at least 4 members (excludes halogenated alkanes) is 10. The van der Waals surface area contributed by atoms with Crippen LogP contribution in [0, 0.1) is 0 Å². The lowest BCUT2D eigenvalue weighted by Gasteiger charge is -2.25. The molecule has 5 nitrogen and oxygen atoms in total. The lowest BCUT2D eigenvalue weighted by Crippen LogP contribution is -2.40. The molecule has 1 atom stereocenters. The van der Waals surface area contributed by atoms with Crippen LogP contribution in [0.25, 0.3) is 0 Å². The normalized spacial score (nSPS) is 12.7. The second kappa shape index (κ2) is 16.8. The van der Waals surface area contributed by atoms with Crippen LogP contribution in [0.15, 0.2) is 0 Å². The van der Waals surface area contributed by atoms with Gasteiger partial charge >= 0.3 is 5.97 Å². The van der Waals surface area contributed by atoms with Crippen LogP contribution in [-0.4, -0.2) is 35.2 Å². The van der Waals surface area contributed by atoms with Crippen molar-refractivity contribution in [2.24, 2.45) is 0 Å². The van der Waals surface area contributed by atoms with Crippen molar-refractivity contribution in [3.8, 4) is 0 Å². The van der Waals surface area contributed by atoms with Crippen LogP contribution in [0.5, 0.6) is 0 Å². The van der Waals surface area contributed by atoms with Gasteiger partial charge in [0.05, 0.1) is 18.2 Å². The van der Waals surface area contributed by atoms with Gasteiger partial charge in [0.25, 0.3) is 0 Å². The minimum atomic E-state index is -0.847. The average Bonchev–Trinajstić information content (AvgIpc) is 2.61. The van der Waals surface area contributed by atoms with Crippen LogP contribution in [0.4, 0.5) is 0 Å². The molecule has 28 heavy (non-hydrogen) atoms. The summed E-state index contributed by atoms with van der Waals surface area (Å²) in [5, 5.41) is 11.8. The van der Waals surface area contributed by atoms with Gasteiger partial charge in [0.15, 0.2) is 0 Å². The SMILES string of the molecule is CCCCCCCCCCCCCC(=O)N[C@@H](CCC(=O)O)COC(C)(C)C. The van der Waals surface area contributed by atoms with Crippen molar-refractivity contribution in [2.75, 3.05) is 6.61 Å². The Morgan fingerprint density at radius 3 is 1.82 bits per heavy atom. The smallest absolute Gasteiger partial charge is 0.303 e. The highest BCUT2D eigenvalue weighted by atomic mass is 16.5. The fourth-order valence-corrected chi connectivity index (χ4v) is 3.10. The van der Waals surface area contributed by atoms with E-state index >= 15 is 0 Å². The van der Waals surface area contributed by atoms with Crippen molar-refractivity contribution in [1.82, 2.24) is 5.32 Å². The number of hydrogen-bond donors (Lipinski definition) is 2. The van der Waals surface area contributed by atoms with Crippen LogP contribution in [0.2, 0.25) is 0 Å². The highest BCUT2D eigenvalue weighted by Crippen LogP contribution is 2.13. The second-order valence-electron chi connectivity index (χ2n) is 8.91. The summed E-state index contributed by atoms with van der Waals surface area (Å²) in [6, 6.07) is -0.240. The molecule has 0 aromatic rings. The van der Waals surface area contributed by atoms with Gasteiger partial charge in [-0.2, -0.15) is 0 Å². The second-order valence-corrected chi connectivity index (χ2v) is 8.91. The summed E-state index contributed by atoms with van der Waals surface area (Å²) >= 11 is 0. The van der Waals surface area contributed by atoms with Gasteiger partial charge in [-0.1, -0.05) is 71.1 Å². The van der Waals surface area contributed by atoms with Crippen molar-refractivity contribution in [3.05, 3.63) is 0 Å². The average molecular weight is 400 g/mol. The van der Waals surface area contributed by atoms with E-state index in [-0.39, 0.29) is 24.0 Å². The van der Waals surface area contributed by atoms with E-state index < -0.39 is 5.97 Å². The summed E-state index contributed by atoms with van der Waals surface area (Å²) in [7, 11) is 0. The van der Waals surface area contributed by atoms with Gasteiger partial charge in [0.1, 0.15) is 0 Å². The Bertz CT molecular complexity index is 404. The van der Waals surface area contributed by atoms with Crippen LogP contribution < -0.4 is 5.32 Å². The van der Waals surface area contributed by atoms with Crippen molar-refractivity contribution in [3.63, 3.8) is 0 Å². The first kappa shape index (κ1) is 26.9. The molecule has 0 saturated carbocycles. The zero-order valence-electron chi connectivity index (χ0n) is 18.9. The van der Waals surface area contributed by atoms with Gasteiger partial charge in [-0.3, -0.25) is 9.59 Å². The topological polar surface area (TPSA) is 75.6 Å². The van der Waals surface area contributed by atoms with E-state index in [1.807, 2.05) is 20.8 Å². The Kier molecular flexibility index (Phi) is 16.2. The van der Waals surface area contributed by atoms with Gasteiger partial charge < -0.3 is 15.2 Å². The summed E-state index contributed by atoms with van der Waals surface area (Å²) < 4.78 is 5.73. The molecule has 0 spiro atoms. The van der Waals surface area contributed by atoms with Crippen LogP contribution in [-0.2, 0) is 14.3 Å². The van der Waals surface area contributed by atoms with Crippen molar-refractivity contribution >= 4 is 11.9 Å². The molecule has 0 unspecified atom stereocenters. The molecule has 0 aliphatic heterocycles. The van der Waals surface area contributed by atoms with E-state index in [0.717, 1.165) is 12.8 Å². The first-order valence-electron chi connectivity index (χ1n) is 11.4. The van der Waals surface area contributed by atoms with Gasteiger partial charge in [-0.15, -0.1) is 0 Å². The predicted molar refractivity (Wildman–Crippen MR) is 116 cm³/mol. The summed E-state index contributed by atoms with van der Waals surface area (Å²) in [5.74, 6) is -0.843. The monoisotopic (exact) mass is 399 g/mol. The number of nitrogens with one attached hydrogen (secondary N) is 1. The summed E-state index contributed by atoms with van der Waals surface area (Å²) in [4.78, 5) is 23.0. The van der Waals surface area contributed by atoms with Crippen molar-refractivity contribution in [2.45, 2.75) is 129 Å². The number of amides is 1. The Hall–Kier alpha value is -1.10. The molecule has 0 aromatic heterocycles. The van der Waals surface area contributed by atoms with Crippen molar-refractivity contribution < 1.29 is 19.4 Å². The zero-order valence-corrected chi connectivity index (χ0v) is 18.9. The van der Waals surface area contributed by atoms with Gasteiger partial charge in [0, 0.05) is 12.8 Å². The number of carboxylic acids is 1. The largest absolute Gasteiger partial charge is 0.481 e. The van der Waals surface area contributed by atoms with E-state index in [1.54, 1.807) is 0 Å². The Morgan fingerprint density at radius 2 is 1.36 bits per heavy atom. The molecule has 0 rings (SSSR count). The zero-order chi connectivity index (χ0) is 21.3. The Balaban J connectivity index is 3.81. The molecule has 0 fully saturated rings. The van der Waals surface area contributed by atoms with Gasteiger partial charge in [-0.05, 0) is 33.6 Å². The third-order valence-electron chi connectivity index (χ3n) is 4.80. The maximum absolute atomic E-state index is 12.2. The first-order chi connectivity index (χ1) is 13.2. The predicted octanol–water partition coefficient (Wildman–Crippen LogP) is 5.85. The summed E-state index contributed by atoms with van der Waals surface area (Å²) in [5.41, 5.74) is -0.303. The third kappa shape index (κ3) is 19.7. The minimum Gasteiger partial charge on any atom is -0.481 e. The standard InChI is InChI=1S/C23H45NO4/c1-5-6-7-8-9-10-11-12-13-14-15-16-21(25)24-20(17-18-22(26)27)19-28-23(2,3)4/h20H,5-19H2,1-4H3,(H,24,25)(H,26,27)/t20-/m0/s1. The lowest BCUT2D eigenvalue weighted by molar-refractivity contribution is -0.137. The van der Waals surface area contributed by atoms with Crippen LogP contribution in [0.3, 0.4) is 0 Å². The molecule has 0 saturated heterocycles. The highest BCUT2D eigenvalue weighted by molar-refractivity contribution is 5.76. The molecule has 0 aromatic carbocycles. The van der Waals surface area contributed by atoms with E-state index in [2.05, 4.69) is 12.2 Å². The van der Waals surface area contributed by atoms with Gasteiger partial charge in [0.2, 0.25) is 5.91 Å². The molecule has 0 aliphatic rings. The summed E-state index contributed by atoms with van der Waals surface area (Å²) in [6.07, 6.45) is 14.8. The van der Waals surface area contributed by atoms with Gasteiger partial charge in [-0.25, -0.2) is 0 Å². The molecule has 1 amide bonds. The van der Waals surface area contributed by atoms with Crippen LogP contribution >= 0.6 is 0 Å². The maximum atomic E-state index is 12.2. The molecule has 166 valence electrons. The fraction of sp³-hybridized carbons (Fsp3) is 0.913. The number of carboxylic acid groups (broad SMARTS) is 1. The first-order valence-corrected chi connectivity index (χ1v) is 11.4. The van der Waals surface area contributed by atoms with Crippen molar-refractivity contribution in [1.29, 1.82) is 0 Å². The number of ether oxygens (including phenoxy) is 1. The molecule has 0 heterocycles. The number of hydrogen-bond acceptors (Lipinski definition) is 3. The fourth-order valence-electron chi connectivity index (χ4n) is 3.10. The third-order valence-corrected chi connectivity index (χ3v) is 4.80. The molecule has 5 heteroatoms. The summed E-state index contributed by atoms with van der Waals surface area (Å²) in [6.45, 7) is 8.45. The van der Waals surface area contributed by atoms with E-state index in [1.165, 1.54) is 57.8 Å². The molecule has 0 bridgehead atoms. The Labute approximate surface area is 173 Å². The number of rotatable bonds is 18. The highest BCUT2D eigenvalue weighted by Gasteiger charge is 2.18. The number of carbonyl (C=O) groups is 2. The number of aliphatic carboxylic acids is 1. The minimum absolute atomic E-state index is 0.00354. The molecule has 2 N–H and O–H groups in total. The maximum Gasteiger partial charge on any atom is 0.303 e. The Morgan fingerprint density at radius 1 is 0.857 bits per heavy atom. The lowest BCUT2D eigenvalue weighted by atomic mass is 10.0. The van der Waals surface area contributed by atoms with E-state index in [9.17, 15) is 9.59 Å². The van der Waals surface area contributed by atoms with E-state index in [0.29, 0.717) is 19.4 Å². The molecular formula is C23H45NO4.